The second kappa shape index (κ2) is 6.53. The minimum Gasteiger partial charge on any atom is -0.388 e. The molecule has 4 N–H and O–H groups in total. The molecule has 18 heavy (non-hydrogen) atoms. The van der Waals surface area contributed by atoms with E-state index in [-0.39, 0.29) is 17.9 Å². The van der Waals surface area contributed by atoms with E-state index in [0.717, 1.165) is 25.7 Å². The Hall–Kier alpha value is -0.610. The summed E-state index contributed by atoms with van der Waals surface area (Å²) >= 11 is 0. The predicted octanol–water partition coefficient (Wildman–Crippen LogP) is 1.42. The van der Waals surface area contributed by atoms with Gasteiger partial charge in [-0.2, -0.15) is 0 Å². The maximum atomic E-state index is 12.0. The first-order valence-corrected chi connectivity index (χ1v) is 7.06. The van der Waals surface area contributed by atoms with Gasteiger partial charge in [-0.25, -0.2) is 0 Å². The number of amides is 1. The molecule has 1 fully saturated rings. The molecule has 1 unspecified atom stereocenters. The van der Waals surface area contributed by atoms with Gasteiger partial charge in [-0.05, 0) is 44.9 Å². The van der Waals surface area contributed by atoms with Crippen molar-refractivity contribution < 1.29 is 9.90 Å². The van der Waals surface area contributed by atoms with Gasteiger partial charge in [-0.3, -0.25) is 4.79 Å². The molecule has 106 valence electrons. The van der Waals surface area contributed by atoms with E-state index in [0.29, 0.717) is 18.9 Å². The van der Waals surface area contributed by atoms with E-state index in [4.69, 9.17) is 5.73 Å². The molecule has 0 heterocycles. The third-order valence-corrected chi connectivity index (χ3v) is 3.63. The highest BCUT2D eigenvalue weighted by molar-refractivity contribution is 5.78. The number of carbonyl (C=O) groups excluding carboxylic acids is 1. The van der Waals surface area contributed by atoms with Crippen LogP contribution in [0, 0.1) is 11.8 Å². The standard InChI is InChI=1S/C14H28N2O2/c1-10(2)8-14(3,18)9-16-13(17)11-4-6-12(15)7-5-11/h10-12,18H,4-9,15H2,1-3H3,(H,16,17). The zero-order chi connectivity index (χ0) is 13.8. The van der Waals surface area contributed by atoms with E-state index in [1.165, 1.54) is 0 Å². The Kier molecular flexibility index (Phi) is 5.60. The fourth-order valence-corrected chi connectivity index (χ4v) is 2.75. The fourth-order valence-electron chi connectivity index (χ4n) is 2.75. The van der Waals surface area contributed by atoms with Gasteiger partial charge in [-0.15, -0.1) is 0 Å². The van der Waals surface area contributed by atoms with Gasteiger partial charge in [0.25, 0.3) is 0 Å². The predicted molar refractivity (Wildman–Crippen MR) is 73.0 cm³/mol. The number of hydrogen-bond acceptors (Lipinski definition) is 3. The van der Waals surface area contributed by atoms with E-state index in [9.17, 15) is 9.90 Å². The van der Waals surface area contributed by atoms with E-state index in [1.807, 2.05) is 0 Å². The average Bonchev–Trinajstić information content (AvgIpc) is 2.25. The zero-order valence-electron chi connectivity index (χ0n) is 11.9. The lowest BCUT2D eigenvalue weighted by atomic mass is 9.85. The van der Waals surface area contributed by atoms with Crippen LogP contribution < -0.4 is 11.1 Å². The molecule has 0 saturated heterocycles. The first-order chi connectivity index (χ1) is 8.30. The maximum Gasteiger partial charge on any atom is 0.223 e. The molecule has 0 aliphatic heterocycles. The Balaban J connectivity index is 2.32. The fraction of sp³-hybridized carbons (Fsp3) is 0.929. The molecular weight excluding hydrogens is 228 g/mol. The van der Waals surface area contributed by atoms with Gasteiger partial charge < -0.3 is 16.2 Å². The number of aliphatic hydroxyl groups is 1. The molecule has 1 rings (SSSR count). The monoisotopic (exact) mass is 256 g/mol. The molecule has 0 aromatic heterocycles. The highest BCUT2D eigenvalue weighted by atomic mass is 16.3. The summed E-state index contributed by atoms with van der Waals surface area (Å²) in [4.78, 5) is 12.0. The van der Waals surface area contributed by atoms with Crippen molar-refractivity contribution in [2.45, 2.75) is 64.5 Å². The van der Waals surface area contributed by atoms with Crippen LogP contribution in [0.3, 0.4) is 0 Å². The van der Waals surface area contributed by atoms with Crippen molar-refractivity contribution in [3.8, 4) is 0 Å². The third kappa shape index (κ3) is 5.36. The molecular formula is C14H28N2O2. The molecule has 1 atom stereocenters. The van der Waals surface area contributed by atoms with Crippen LogP contribution in [-0.4, -0.2) is 29.2 Å². The van der Waals surface area contributed by atoms with Crippen molar-refractivity contribution in [2.75, 3.05) is 6.54 Å². The average molecular weight is 256 g/mol. The molecule has 0 radical (unpaired) electrons. The van der Waals surface area contributed by atoms with Crippen LogP contribution in [0.25, 0.3) is 0 Å². The number of rotatable bonds is 5. The Morgan fingerprint density at radius 1 is 1.39 bits per heavy atom. The molecule has 0 aromatic carbocycles. The van der Waals surface area contributed by atoms with E-state index >= 15 is 0 Å². The van der Waals surface area contributed by atoms with E-state index in [2.05, 4.69) is 19.2 Å². The second-order valence-corrected chi connectivity index (χ2v) is 6.42. The molecule has 0 bridgehead atoms. The van der Waals surface area contributed by atoms with Crippen molar-refractivity contribution in [3.63, 3.8) is 0 Å². The van der Waals surface area contributed by atoms with Gasteiger partial charge in [0.1, 0.15) is 0 Å². The minimum atomic E-state index is -0.811. The minimum absolute atomic E-state index is 0.0749. The first kappa shape index (κ1) is 15.4. The summed E-state index contributed by atoms with van der Waals surface area (Å²) in [6, 6.07) is 0.262. The number of carbonyl (C=O) groups is 1. The summed E-state index contributed by atoms with van der Waals surface area (Å²) in [5.41, 5.74) is 5.01. The van der Waals surface area contributed by atoms with Crippen LogP contribution in [-0.2, 0) is 4.79 Å². The van der Waals surface area contributed by atoms with Crippen molar-refractivity contribution in [2.24, 2.45) is 17.6 Å². The Labute approximate surface area is 110 Å². The summed E-state index contributed by atoms with van der Waals surface area (Å²) in [5, 5.41) is 13.0. The molecule has 4 nitrogen and oxygen atoms in total. The Morgan fingerprint density at radius 2 is 1.94 bits per heavy atom. The van der Waals surface area contributed by atoms with Gasteiger partial charge >= 0.3 is 0 Å². The normalized spacial score (nSPS) is 27.9. The Morgan fingerprint density at radius 3 is 2.44 bits per heavy atom. The topological polar surface area (TPSA) is 75.3 Å². The van der Waals surface area contributed by atoms with Gasteiger partial charge in [0.05, 0.1) is 5.60 Å². The van der Waals surface area contributed by atoms with Gasteiger partial charge in [0.2, 0.25) is 5.91 Å². The largest absolute Gasteiger partial charge is 0.388 e. The molecule has 4 heteroatoms. The number of hydrogen-bond donors (Lipinski definition) is 3. The molecule has 1 amide bonds. The Bertz CT molecular complexity index is 269. The first-order valence-electron chi connectivity index (χ1n) is 7.06. The van der Waals surface area contributed by atoms with Gasteiger partial charge in [0.15, 0.2) is 0 Å². The van der Waals surface area contributed by atoms with Crippen LogP contribution in [0.15, 0.2) is 0 Å². The molecule has 1 aliphatic carbocycles. The number of nitrogens with two attached hydrogens (primary N) is 1. The lowest BCUT2D eigenvalue weighted by molar-refractivity contribution is -0.127. The molecule has 1 aliphatic rings. The van der Waals surface area contributed by atoms with Crippen LogP contribution in [0.2, 0.25) is 0 Å². The number of nitrogens with one attached hydrogen (secondary N) is 1. The van der Waals surface area contributed by atoms with Gasteiger partial charge in [-0.1, -0.05) is 13.8 Å². The van der Waals surface area contributed by atoms with Crippen LogP contribution in [0.4, 0.5) is 0 Å². The van der Waals surface area contributed by atoms with E-state index in [1.54, 1.807) is 6.92 Å². The van der Waals surface area contributed by atoms with Gasteiger partial charge in [0, 0.05) is 18.5 Å². The summed E-state index contributed by atoms with van der Waals surface area (Å²) in [5.74, 6) is 0.579. The maximum absolute atomic E-state index is 12.0. The van der Waals surface area contributed by atoms with E-state index < -0.39 is 5.60 Å². The summed E-state index contributed by atoms with van der Waals surface area (Å²) < 4.78 is 0. The van der Waals surface area contributed by atoms with Crippen LogP contribution in [0.1, 0.15) is 52.9 Å². The third-order valence-electron chi connectivity index (χ3n) is 3.63. The summed E-state index contributed by atoms with van der Waals surface area (Å²) in [6.07, 6.45) is 4.31. The molecule has 1 saturated carbocycles. The van der Waals surface area contributed by atoms with Crippen molar-refractivity contribution in [3.05, 3.63) is 0 Å². The van der Waals surface area contributed by atoms with Crippen molar-refractivity contribution in [1.82, 2.24) is 5.32 Å². The van der Waals surface area contributed by atoms with Crippen molar-refractivity contribution >= 4 is 5.91 Å². The SMILES string of the molecule is CC(C)CC(C)(O)CNC(=O)C1CCC(N)CC1. The van der Waals surface area contributed by atoms with Crippen LogP contribution in [0.5, 0.6) is 0 Å². The molecule has 0 aromatic rings. The summed E-state index contributed by atoms with van der Waals surface area (Å²) in [7, 11) is 0. The second-order valence-electron chi connectivity index (χ2n) is 6.42. The highest BCUT2D eigenvalue weighted by Gasteiger charge is 2.27. The van der Waals surface area contributed by atoms with Crippen molar-refractivity contribution in [1.29, 1.82) is 0 Å². The highest BCUT2D eigenvalue weighted by Crippen LogP contribution is 2.23. The lowest BCUT2D eigenvalue weighted by Crippen LogP contribution is -2.44. The smallest absolute Gasteiger partial charge is 0.223 e. The lowest BCUT2D eigenvalue weighted by Gasteiger charge is -2.29. The quantitative estimate of drug-likeness (QED) is 0.696. The summed E-state index contributed by atoms with van der Waals surface area (Å²) in [6.45, 7) is 6.26. The molecule has 0 spiro atoms. The van der Waals surface area contributed by atoms with Crippen LogP contribution >= 0.6 is 0 Å². The zero-order valence-corrected chi connectivity index (χ0v) is 11.9.